The lowest BCUT2D eigenvalue weighted by atomic mass is 9.96. The van der Waals surface area contributed by atoms with Crippen molar-refractivity contribution in [3.05, 3.63) is 10.5 Å². The van der Waals surface area contributed by atoms with Gasteiger partial charge in [-0.3, -0.25) is 0 Å². The first kappa shape index (κ1) is 8.95. The second-order valence-electron chi connectivity index (χ2n) is 3.83. The molecule has 2 saturated heterocycles. The molecule has 2 bridgehead atoms. The molecule has 3 unspecified atom stereocenters. The van der Waals surface area contributed by atoms with E-state index in [1.54, 1.807) is 6.20 Å². The lowest BCUT2D eigenvalue weighted by molar-refractivity contribution is 0.102. The van der Waals surface area contributed by atoms with Gasteiger partial charge in [-0.25, -0.2) is 4.98 Å². The van der Waals surface area contributed by atoms with Crippen molar-refractivity contribution in [2.45, 2.75) is 37.5 Å². The number of thiazole rings is 1. The maximum absolute atomic E-state index is 5.81. The fourth-order valence-corrected chi connectivity index (χ4v) is 3.14. The number of ether oxygens (including phenoxy) is 1. The summed E-state index contributed by atoms with van der Waals surface area (Å²) in [4.78, 5) is 4.18. The van der Waals surface area contributed by atoms with Gasteiger partial charge in [0.15, 0.2) is 5.13 Å². The van der Waals surface area contributed by atoms with E-state index < -0.39 is 0 Å². The minimum atomic E-state index is 0.391. The first-order valence-electron chi connectivity index (χ1n) is 4.84. The largest absolute Gasteiger partial charge is 0.373 e. The molecule has 1 aromatic heterocycles. The van der Waals surface area contributed by atoms with Crippen LogP contribution in [0.4, 0.5) is 5.13 Å². The van der Waals surface area contributed by atoms with Crippen LogP contribution in [-0.2, 0) is 4.74 Å². The summed E-state index contributed by atoms with van der Waals surface area (Å²) >= 11 is 7.30. The zero-order valence-electron chi connectivity index (χ0n) is 7.57. The van der Waals surface area contributed by atoms with E-state index in [0.29, 0.717) is 18.2 Å². The molecule has 0 spiro atoms. The Labute approximate surface area is 91.4 Å². The Hall–Kier alpha value is -0.320. The average molecular weight is 231 g/mol. The first-order valence-corrected chi connectivity index (χ1v) is 6.04. The zero-order valence-corrected chi connectivity index (χ0v) is 9.14. The van der Waals surface area contributed by atoms with E-state index in [9.17, 15) is 0 Å². The molecule has 3 rings (SSSR count). The number of nitrogens with one attached hydrogen (secondary N) is 1. The van der Waals surface area contributed by atoms with Crippen molar-refractivity contribution in [1.29, 1.82) is 0 Å². The zero-order chi connectivity index (χ0) is 9.54. The molecule has 5 heteroatoms. The highest BCUT2D eigenvalue weighted by Crippen LogP contribution is 2.36. The summed E-state index contributed by atoms with van der Waals surface area (Å²) in [5.41, 5.74) is 0. The Morgan fingerprint density at radius 3 is 3.07 bits per heavy atom. The molecular weight excluding hydrogens is 220 g/mol. The first-order chi connectivity index (χ1) is 6.81. The molecule has 2 aliphatic rings. The van der Waals surface area contributed by atoms with Crippen molar-refractivity contribution in [2.75, 3.05) is 5.32 Å². The molecule has 14 heavy (non-hydrogen) atoms. The standard InChI is InChI=1S/C9H11ClN2OS/c10-8-4-11-9(14-8)12-6-3-5-1-2-7(6)13-5/h4-7H,1-3H2,(H,11,12). The van der Waals surface area contributed by atoms with Gasteiger partial charge in [-0.15, -0.1) is 0 Å². The van der Waals surface area contributed by atoms with Crippen molar-refractivity contribution in [3.8, 4) is 0 Å². The molecule has 0 radical (unpaired) electrons. The number of halogens is 1. The molecule has 2 aliphatic heterocycles. The van der Waals surface area contributed by atoms with E-state index in [-0.39, 0.29) is 0 Å². The van der Waals surface area contributed by atoms with Crippen molar-refractivity contribution in [1.82, 2.24) is 4.98 Å². The van der Waals surface area contributed by atoms with Gasteiger partial charge >= 0.3 is 0 Å². The molecule has 76 valence electrons. The van der Waals surface area contributed by atoms with Crippen molar-refractivity contribution in [3.63, 3.8) is 0 Å². The fraction of sp³-hybridized carbons (Fsp3) is 0.667. The molecule has 3 atom stereocenters. The van der Waals surface area contributed by atoms with Crippen LogP contribution in [-0.4, -0.2) is 23.2 Å². The second kappa shape index (κ2) is 3.36. The van der Waals surface area contributed by atoms with Crippen LogP contribution in [0.1, 0.15) is 19.3 Å². The highest BCUT2D eigenvalue weighted by atomic mass is 35.5. The Kier molecular flexibility index (Phi) is 2.15. The normalized spacial score (nSPS) is 35.1. The summed E-state index contributed by atoms with van der Waals surface area (Å²) in [6.07, 6.45) is 6.07. The Morgan fingerprint density at radius 1 is 1.57 bits per heavy atom. The smallest absolute Gasteiger partial charge is 0.184 e. The maximum atomic E-state index is 5.81. The summed E-state index contributed by atoms with van der Waals surface area (Å²) in [5, 5.41) is 4.30. The van der Waals surface area contributed by atoms with Gasteiger partial charge in [0.1, 0.15) is 4.34 Å². The summed E-state index contributed by atoms with van der Waals surface area (Å²) < 4.78 is 6.48. The number of anilines is 1. The number of hydrogen-bond acceptors (Lipinski definition) is 4. The number of nitrogens with zero attached hydrogens (tertiary/aromatic N) is 1. The third-order valence-electron chi connectivity index (χ3n) is 2.89. The molecule has 0 aromatic carbocycles. The van der Waals surface area contributed by atoms with Gasteiger partial charge in [0.2, 0.25) is 0 Å². The van der Waals surface area contributed by atoms with Gasteiger partial charge in [0, 0.05) is 0 Å². The van der Waals surface area contributed by atoms with Gasteiger partial charge in [-0.05, 0) is 19.3 Å². The molecular formula is C9H11ClN2OS. The van der Waals surface area contributed by atoms with Crippen LogP contribution < -0.4 is 5.32 Å². The number of aromatic nitrogens is 1. The maximum Gasteiger partial charge on any atom is 0.184 e. The Balaban J connectivity index is 1.68. The lowest BCUT2D eigenvalue weighted by Crippen LogP contribution is -2.30. The monoisotopic (exact) mass is 230 g/mol. The van der Waals surface area contributed by atoms with Crippen LogP contribution in [0.2, 0.25) is 4.34 Å². The van der Waals surface area contributed by atoms with Crippen LogP contribution >= 0.6 is 22.9 Å². The molecule has 3 heterocycles. The van der Waals surface area contributed by atoms with Gasteiger partial charge in [-0.1, -0.05) is 22.9 Å². The SMILES string of the molecule is Clc1cnc(NC2CC3CCC2O3)s1. The van der Waals surface area contributed by atoms with Crippen LogP contribution in [0.15, 0.2) is 6.20 Å². The predicted octanol–water partition coefficient (Wildman–Crippen LogP) is 2.53. The van der Waals surface area contributed by atoms with E-state index in [4.69, 9.17) is 16.3 Å². The highest BCUT2D eigenvalue weighted by molar-refractivity contribution is 7.19. The van der Waals surface area contributed by atoms with Crippen LogP contribution in [0.5, 0.6) is 0 Å². The quantitative estimate of drug-likeness (QED) is 0.848. The molecule has 1 aromatic rings. The molecule has 0 amide bonds. The number of rotatable bonds is 2. The van der Waals surface area contributed by atoms with Gasteiger partial charge in [0.25, 0.3) is 0 Å². The third kappa shape index (κ3) is 1.51. The van der Waals surface area contributed by atoms with Gasteiger partial charge < -0.3 is 10.1 Å². The fourth-order valence-electron chi connectivity index (χ4n) is 2.27. The molecule has 1 N–H and O–H groups in total. The Bertz CT molecular complexity index is 343. The van der Waals surface area contributed by atoms with Crippen LogP contribution in [0, 0.1) is 0 Å². The molecule has 3 nitrogen and oxygen atoms in total. The lowest BCUT2D eigenvalue weighted by Gasteiger charge is -2.19. The summed E-state index contributed by atoms with van der Waals surface area (Å²) in [6, 6.07) is 0.441. The van der Waals surface area contributed by atoms with Crippen molar-refractivity contribution < 1.29 is 4.74 Å². The third-order valence-corrected chi connectivity index (χ3v) is 3.94. The van der Waals surface area contributed by atoms with Crippen molar-refractivity contribution >= 4 is 28.1 Å². The van der Waals surface area contributed by atoms with Crippen LogP contribution in [0.25, 0.3) is 0 Å². The van der Waals surface area contributed by atoms with E-state index in [2.05, 4.69) is 10.3 Å². The Morgan fingerprint density at radius 2 is 2.50 bits per heavy atom. The van der Waals surface area contributed by atoms with Gasteiger partial charge in [0.05, 0.1) is 24.4 Å². The second-order valence-corrected chi connectivity index (χ2v) is 5.49. The topological polar surface area (TPSA) is 34.2 Å². The average Bonchev–Trinajstić information content (AvgIpc) is 2.82. The highest BCUT2D eigenvalue weighted by Gasteiger charge is 2.40. The van der Waals surface area contributed by atoms with E-state index >= 15 is 0 Å². The number of fused-ring (bicyclic) bond motifs is 2. The van der Waals surface area contributed by atoms with E-state index in [0.717, 1.165) is 15.9 Å². The number of hydrogen-bond donors (Lipinski definition) is 1. The van der Waals surface area contributed by atoms with E-state index in [1.165, 1.54) is 24.2 Å². The van der Waals surface area contributed by atoms with Crippen molar-refractivity contribution in [2.24, 2.45) is 0 Å². The van der Waals surface area contributed by atoms with Crippen LogP contribution in [0.3, 0.4) is 0 Å². The minimum absolute atomic E-state index is 0.391. The molecule has 0 aliphatic carbocycles. The summed E-state index contributed by atoms with van der Waals surface area (Å²) in [6.45, 7) is 0. The predicted molar refractivity (Wildman–Crippen MR) is 57.0 cm³/mol. The molecule has 0 saturated carbocycles. The van der Waals surface area contributed by atoms with E-state index in [1.807, 2.05) is 0 Å². The van der Waals surface area contributed by atoms with Gasteiger partial charge in [-0.2, -0.15) is 0 Å². The molecule has 2 fully saturated rings. The summed E-state index contributed by atoms with van der Waals surface area (Å²) in [7, 11) is 0. The minimum Gasteiger partial charge on any atom is -0.373 e. The summed E-state index contributed by atoms with van der Waals surface area (Å²) in [5.74, 6) is 0.